The Morgan fingerprint density at radius 2 is 1.97 bits per heavy atom. The molecule has 8 nitrogen and oxygen atoms in total. The second-order valence-electron chi connectivity index (χ2n) is 8.63. The van der Waals surface area contributed by atoms with Crippen LogP contribution in [0.1, 0.15) is 48.4 Å². The number of anilines is 1. The van der Waals surface area contributed by atoms with E-state index in [2.05, 4.69) is 15.4 Å². The number of hydrogen-bond acceptors (Lipinski definition) is 6. The largest absolute Gasteiger partial charge is 0.436 e. The molecule has 9 heteroatoms. The molecule has 33 heavy (non-hydrogen) atoms. The molecule has 0 radical (unpaired) electrons. The summed E-state index contributed by atoms with van der Waals surface area (Å²) in [4.78, 5) is 17.5. The topological polar surface area (TPSA) is 107 Å². The maximum atomic E-state index is 13.0. The number of amides is 1. The van der Waals surface area contributed by atoms with Gasteiger partial charge in [0.05, 0.1) is 17.5 Å². The van der Waals surface area contributed by atoms with Gasteiger partial charge in [-0.25, -0.2) is 13.4 Å². The lowest BCUT2D eigenvalue weighted by molar-refractivity contribution is 0.102. The van der Waals surface area contributed by atoms with E-state index in [-0.39, 0.29) is 35.1 Å². The van der Waals surface area contributed by atoms with Crippen LogP contribution in [-0.2, 0) is 9.84 Å². The van der Waals surface area contributed by atoms with Crippen LogP contribution in [-0.4, -0.2) is 40.6 Å². The number of sulfone groups is 1. The third-order valence-electron chi connectivity index (χ3n) is 5.80. The zero-order valence-electron chi connectivity index (χ0n) is 18.4. The number of aromatic nitrogens is 3. The highest BCUT2D eigenvalue weighted by atomic mass is 32.2. The van der Waals surface area contributed by atoms with Gasteiger partial charge in [-0.05, 0) is 48.7 Å². The highest BCUT2D eigenvalue weighted by Crippen LogP contribution is 2.29. The van der Waals surface area contributed by atoms with Gasteiger partial charge in [0.2, 0.25) is 5.89 Å². The van der Waals surface area contributed by atoms with Crippen LogP contribution in [0, 0.1) is 0 Å². The summed E-state index contributed by atoms with van der Waals surface area (Å²) in [6.07, 6.45) is 0.511. The molecule has 2 aromatic heterocycles. The molecule has 1 aliphatic rings. The van der Waals surface area contributed by atoms with E-state index in [1.165, 1.54) is 0 Å². The number of carbonyl (C=O) groups excluding carboxylic acids is 1. The quantitative estimate of drug-likeness (QED) is 0.468. The van der Waals surface area contributed by atoms with Crippen molar-refractivity contribution in [2.75, 3.05) is 16.8 Å². The van der Waals surface area contributed by atoms with Gasteiger partial charge in [0.25, 0.3) is 5.91 Å². The summed E-state index contributed by atoms with van der Waals surface area (Å²) in [6, 6.07) is 16.3. The number of fused-ring (bicyclic) bond motifs is 1. The summed E-state index contributed by atoms with van der Waals surface area (Å²) >= 11 is 0. The van der Waals surface area contributed by atoms with Gasteiger partial charge >= 0.3 is 0 Å². The molecule has 0 spiro atoms. The molecule has 1 unspecified atom stereocenters. The zero-order chi connectivity index (χ0) is 23.2. The molecule has 5 rings (SSSR count). The van der Waals surface area contributed by atoms with Gasteiger partial charge in [-0.15, -0.1) is 0 Å². The number of oxazole rings is 1. The van der Waals surface area contributed by atoms with Crippen molar-refractivity contribution in [1.29, 1.82) is 0 Å². The number of rotatable bonds is 5. The molecule has 4 aromatic rings. The summed E-state index contributed by atoms with van der Waals surface area (Å²) < 4.78 is 31.5. The van der Waals surface area contributed by atoms with E-state index in [0.717, 1.165) is 16.8 Å². The van der Waals surface area contributed by atoms with Crippen molar-refractivity contribution in [2.24, 2.45) is 0 Å². The Balaban J connectivity index is 1.40. The fourth-order valence-electron chi connectivity index (χ4n) is 4.13. The monoisotopic (exact) mass is 464 g/mol. The first-order chi connectivity index (χ1) is 15.8. The SMILES string of the molecule is CC(C)c1cc(C(=O)Nc2cccc(-c3nc4ccccc4o3)c2)nn1C1CCS(=O)(=O)C1. The fourth-order valence-corrected chi connectivity index (χ4v) is 5.82. The van der Waals surface area contributed by atoms with E-state index >= 15 is 0 Å². The Labute approximate surface area is 191 Å². The molecule has 1 aliphatic heterocycles. The molecule has 0 aliphatic carbocycles. The normalized spacial score (nSPS) is 17.6. The van der Waals surface area contributed by atoms with E-state index in [0.29, 0.717) is 23.6 Å². The Bertz CT molecular complexity index is 1420. The van der Waals surface area contributed by atoms with Crippen LogP contribution in [0.4, 0.5) is 5.69 Å². The minimum Gasteiger partial charge on any atom is -0.436 e. The van der Waals surface area contributed by atoms with Gasteiger partial charge in [-0.1, -0.05) is 32.0 Å². The Morgan fingerprint density at radius 3 is 2.70 bits per heavy atom. The van der Waals surface area contributed by atoms with Crippen LogP contribution in [0.15, 0.2) is 59.0 Å². The Morgan fingerprint density at radius 1 is 1.15 bits per heavy atom. The summed E-state index contributed by atoms with van der Waals surface area (Å²) in [5, 5.41) is 7.38. The fraction of sp³-hybridized carbons (Fsp3) is 0.292. The third kappa shape index (κ3) is 4.28. The van der Waals surface area contributed by atoms with Gasteiger partial charge in [-0.2, -0.15) is 5.10 Å². The van der Waals surface area contributed by atoms with Crippen molar-refractivity contribution >= 4 is 32.5 Å². The van der Waals surface area contributed by atoms with Gasteiger partial charge in [0, 0.05) is 16.9 Å². The molecule has 3 heterocycles. The summed E-state index contributed by atoms with van der Waals surface area (Å²) in [6.45, 7) is 4.00. The molecule has 2 aromatic carbocycles. The van der Waals surface area contributed by atoms with E-state index in [1.807, 2.05) is 50.2 Å². The molecular weight excluding hydrogens is 440 g/mol. The minimum atomic E-state index is -3.06. The van der Waals surface area contributed by atoms with Crippen LogP contribution in [0.2, 0.25) is 0 Å². The molecule has 1 saturated heterocycles. The van der Waals surface area contributed by atoms with E-state index in [4.69, 9.17) is 4.42 Å². The second kappa shape index (κ2) is 8.15. The second-order valence-corrected chi connectivity index (χ2v) is 10.9. The molecule has 1 atom stereocenters. The molecular formula is C24H24N4O4S. The van der Waals surface area contributed by atoms with Crippen molar-refractivity contribution in [3.8, 4) is 11.5 Å². The first-order valence-electron chi connectivity index (χ1n) is 10.9. The number of nitrogens with one attached hydrogen (secondary N) is 1. The molecule has 170 valence electrons. The van der Waals surface area contributed by atoms with Gasteiger partial charge in [-0.3, -0.25) is 9.48 Å². The maximum absolute atomic E-state index is 13.0. The number of nitrogens with zero attached hydrogens (tertiary/aromatic N) is 3. The maximum Gasteiger partial charge on any atom is 0.276 e. The van der Waals surface area contributed by atoms with Crippen molar-refractivity contribution in [2.45, 2.75) is 32.2 Å². The first-order valence-corrected chi connectivity index (χ1v) is 12.7. The van der Waals surface area contributed by atoms with Crippen LogP contribution in [0.5, 0.6) is 0 Å². The van der Waals surface area contributed by atoms with Crippen LogP contribution >= 0.6 is 0 Å². The number of hydrogen-bond donors (Lipinski definition) is 1. The molecule has 1 fully saturated rings. The molecule has 1 N–H and O–H groups in total. The predicted octanol–water partition coefficient (Wildman–Crippen LogP) is 4.43. The minimum absolute atomic E-state index is 0.0575. The van der Waals surface area contributed by atoms with E-state index in [9.17, 15) is 13.2 Å². The van der Waals surface area contributed by atoms with Crippen LogP contribution in [0.25, 0.3) is 22.6 Å². The van der Waals surface area contributed by atoms with Gasteiger partial charge in [0.15, 0.2) is 21.1 Å². The highest BCUT2D eigenvalue weighted by molar-refractivity contribution is 7.91. The number of carbonyl (C=O) groups is 1. The van der Waals surface area contributed by atoms with E-state index < -0.39 is 9.84 Å². The molecule has 0 saturated carbocycles. The summed E-state index contributed by atoms with van der Waals surface area (Å²) in [7, 11) is -3.06. The van der Waals surface area contributed by atoms with Crippen LogP contribution < -0.4 is 5.32 Å². The van der Waals surface area contributed by atoms with Crippen molar-refractivity contribution in [3.05, 3.63) is 66.0 Å². The summed E-state index contributed by atoms with van der Waals surface area (Å²) in [5.74, 6) is 0.429. The Hall–Kier alpha value is -3.46. The van der Waals surface area contributed by atoms with E-state index in [1.54, 1.807) is 22.9 Å². The molecule has 0 bridgehead atoms. The Kier molecular flexibility index (Phi) is 5.28. The lowest BCUT2D eigenvalue weighted by Crippen LogP contribution is -2.17. The summed E-state index contributed by atoms with van der Waals surface area (Å²) in [5.41, 5.74) is 3.90. The van der Waals surface area contributed by atoms with Crippen molar-refractivity contribution in [1.82, 2.24) is 14.8 Å². The number of para-hydroxylation sites is 2. The standard InChI is InChI=1S/C24H24N4O4S/c1-15(2)21-13-20(27-28(21)18-10-11-33(30,31)14-18)23(29)25-17-7-5-6-16(12-17)24-26-19-8-3-4-9-22(19)32-24/h3-9,12-13,15,18H,10-11,14H2,1-2H3,(H,25,29). The third-order valence-corrected chi connectivity index (χ3v) is 7.55. The van der Waals surface area contributed by atoms with Gasteiger partial charge in [0.1, 0.15) is 5.52 Å². The van der Waals surface area contributed by atoms with Crippen molar-refractivity contribution < 1.29 is 17.6 Å². The smallest absolute Gasteiger partial charge is 0.276 e. The van der Waals surface area contributed by atoms with Crippen molar-refractivity contribution in [3.63, 3.8) is 0 Å². The zero-order valence-corrected chi connectivity index (χ0v) is 19.2. The van der Waals surface area contributed by atoms with Crippen LogP contribution in [0.3, 0.4) is 0 Å². The lowest BCUT2D eigenvalue weighted by atomic mass is 10.1. The predicted molar refractivity (Wildman–Crippen MR) is 126 cm³/mol. The molecule has 1 amide bonds. The lowest BCUT2D eigenvalue weighted by Gasteiger charge is -2.15. The first kappa shape index (κ1) is 21.4. The van der Waals surface area contributed by atoms with Gasteiger partial charge < -0.3 is 9.73 Å². The average Bonchev–Trinajstić information content (AvgIpc) is 3.49. The highest BCUT2D eigenvalue weighted by Gasteiger charge is 2.32. The number of benzene rings is 2. The average molecular weight is 465 g/mol.